The van der Waals surface area contributed by atoms with Crippen molar-refractivity contribution in [2.75, 3.05) is 5.43 Å². The van der Waals surface area contributed by atoms with Crippen molar-refractivity contribution in [3.8, 4) is 0 Å². The third-order valence-corrected chi connectivity index (χ3v) is 3.23. The standard InChI is InChI=1S/C15H16N4/c1-10-9-11(2)17-15(16-10)19-18-14-8-7-12-5-3-4-6-13(12)14/h3-6,9H,7-8H2,1-2H3,(H,16,17,19)/b18-14+. The van der Waals surface area contributed by atoms with Crippen LogP contribution in [-0.4, -0.2) is 15.7 Å². The van der Waals surface area contributed by atoms with Gasteiger partial charge in [-0.05, 0) is 38.3 Å². The van der Waals surface area contributed by atoms with Crippen LogP contribution in [0.5, 0.6) is 0 Å². The third-order valence-electron chi connectivity index (χ3n) is 3.23. The van der Waals surface area contributed by atoms with Gasteiger partial charge in [-0.2, -0.15) is 5.10 Å². The number of hydrazone groups is 1. The van der Waals surface area contributed by atoms with Gasteiger partial charge in [0.25, 0.3) is 0 Å². The van der Waals surface area contributed by atoms with Gasteiger partial charge in [0.1, 0.15) is 0 Å². The molecule has 4 heteroatoms. The van der Waals surface area contributed by atoms with E-state index in [0.29, 0.717) is 5.95 Å². The van der Waals surface area contributed by atoms with Gasteiger partial charge in [-0.1, -0.05) is 24.3 Å². The number of anilines is 1. The highest BCUT2D eigenvalue weighted by Gasteiger charge is 2.16. The molecule has 1 heterocycles. The van der Waals surface area contributed by atoms with Gasteiger partial charge in [-0.3, -0.25) is 0 Å². The van der Waals surface area contributed by atoms with Crippen LogP contribution in [0.4, 0.5) is 5.95 Å². The summed E-state index contributed by atoms with van der Waals surface area (Å²) >= 11 is 0. The molecule has 19 heavy (non-hydrogen) atoms. The van der Waals surface area contributed by atoms with Crippen LogP contribution in [0.15, 0.2) is 35.4 Å². The van der Waals surface area contributed by atoms with Gasteiger partial charge >= 0.3 is 0 Å². The van der Waals surface area contributed by atoms with E-state index in [1.807, 2.05) is 26.0 Å². The lowest BCUT2D eigenvalue weighted by Crippen LogP contribution is -2.04. The molecule has 0 unspecified atom stereocenters. The molecule has 4 nitrogen and oxygen atoms in total. The number of aromatic nitrogens is 2. The Morgan fingerprint density at radius 1 is 1.05 bits per heavy atom. The quantitative estimate of drug-likeness (QED) is 0.836. The molecule has 0 atom stereocenters. The number of hydrogen-bond donors (Lipinski definition) is 1. The molecule has 0 radical (unpaired) electrons. The fourth-order valence-corrected chi connectivity index (χ4v) is 2.42. The van der Waals surface area contributed by atoms with E-state index in [-0.39, 0.29) is 0 Å². The van der Waals surface area contributed by atoms with Crippen molar-refractivity contribution in [2.45, 2.75) is 26.7 Å². The lowest BCUT2D eigenvalue weighted by atomic mass is 10.1. The minimum absolute atomic E-state index is 0.564. The van der Waals surface area contributed by atoms with Gasteiger partial charge in [0.15, 0.2) is 0 Å². The number of nitrogens with one attached hydrogen (secondary N) is 1. The first-order valence-electron chi connectivity index (χ1n) is 6.45. The summed E-state index contributed by atoms with van der Waals surface area (Å²) in [6.07, 6.45) is 2.03. The van der Waals surface area contributed by atoms with Crippen molar-refractivity contribution in [2.24, 2.45) is 5.10 Å². The number of benzene rings is 1. The first-order chi connectivity index (χ1) is 9.22. The van der Waals surface area contributed by atoms with Crippen molar-refractivity contribution >= 4 is 11.7 Å². The first kappa shape index (κ1) is 11.8. The number of hydrogen-bond acceptors (Lipinski definition) is 4. The monoisotopic (exact) mass is 252 g/mol. The van der Waals surface area contributed by atoms with Crippen molar-refractivity contribution in [1.82, 2.24) is 9.97 Å². The summed E-state index contributed by atoms with van der Waals surface area (Å²) in [7, 11) is 0. The largest absolute Gasteiger partial charge is 0.245 e. The Bertz CT molecular complexity index is 626. The van der Waals surface area contributed by atoms with Crippen LogP contribution in [0, 0.1) is 13.8 Å². The molecule has 0 amide bonds. The van der Waals surface area contributed by atoms with Gasteiger partial charge in [0.05, 0.1) is 5.71 Å². The highest BCUT2D eigenvalue weighted by molar-refractivity contribution is 6.04. The van der Waals surface area contributed by atoms with E-state index in [1.165, 1.54) is 11.1 Å². The molecule has 0 bridgehead atoms. The number of rotatable bonds is 2. The van der Waals surface area contributed by atoms with Gasteiger partial charge in [0, 0.05) is 17.0 Å². The maximum atomic E-state index is 4.46. The second-order valence-electron chi connectivity index (χ2n) is 4.80. The first-order valence-corrected chi connectivity index (χ1v) is 6.45. The van der Waals surface area contributed by atoms with Crippen LogP contribution in [0.1, 0.15) is 28.9 Å². The van der Waals surface area contributed by atoms with E-state index in [0.717, 1.165) is 29.9 Å². The van der Waals surface area contributed by atoms with E-state index < -0.39 is 0 Å². The molecule has 2 aromatic rings. The van der Waals surface area contributed by atoms with Gasteiger partial charge < -0.3 is 0 Å². The third kappa shape index (κ3) is 2.47. The molecule has 1 aliphatic carbocycles. The Morgan fingerprint density at radius 2 is 1.79 bits per heavy atom. The molecular weight excluding hydrogens is 236 g/mol. The number of aryl methyl sites for hydroxylation is 3. The molecular formula is C15H16N4. The Morgan fingerprint density at radius 3 is 2.58 bits per heavy atom. The molecule has 0 saturated heterocycles. The summed E-state index contributed by atoms with van der Waals surface area (Å²) in [4.78, 5) is 8.64. The average Bonchev–Trinajstić information content (AvgIpc) is 2.78. The van der Waals surface area contributed by atoms with Crippen molar-refractivity contribution < 1.29 is 0 Å². The summed E-state index contributed by atoms with van der Waals surface area (Å²) in [5.41, 5.74) is 8.55. The van der Waals surface area contributed by atoms with E-state index in [9.17, 15) is 0 Å². The Kier molecular flexibility index (Phi) is 2.99. The smallest absolute Gasteiger partial charge is 0.243 e. The highest BCUT2D eigenvalue weighted by Crippen LogP contribution is 2.22. The lowest BCUT2D eigenvalue weighted by molar-refractivity contribution is 1.03. The van der Waals surface area contributed by atoms with Gasteiger partial charge in [-0.15, -0.1) is 0 Å². The fraction of sp³-hybridized carbons (Fsp3) is 0.267. The Labute approximate surface area is 112 Å². The van der Waals surface area contributed by atoms with E-state index in [4.69, 9.17) is 0 Å². The second kappa shape index (κ2) is 4.80. The van der Waals surface area contributed by atoms with Crippen molar-refractivity contribution in [3.05, 3.63) is 52.8 Å². The van der Waals surface area contributed by atoms with Crippen LogP contribution >= 0.6 is 0 Å². The maximum Gasteiger partial charge on any atom is 0.243 e. The SMILES string of the molecule is Cc1cc(C)nc(N/N=C2\CCc3ccccc32)n1. The Balaban J connectivity index is 1.84. The molecule has 0 saturated carbocycles. The zero-order valence-electron chi connectivity index (χ0n) is 11.1. The van der Waals surface area contributed by atoms with E-state index in [1.54, 1.807) is 0 Å². The molecule has 0 spiro atoms. The normalized spacial score (nSPS) is 15.6. The number of nitrogens with zero attached hydrogens (tertiary/aromatic N) is 3. The Hall–Kier alpha value is -2.23. The lowest BCUT2D eigenvalue weighted by Gasteiger charge is -2.03. The molecule has 1 aliphatic rings. The fourth-order valence-electron chi connectivity index (χ4n) is 2.42. The molecule has 1 aromatic carbocycles. The van der Waals surface area contributed by atoms with Crippen LogP contribution in [0.3, 0.4) is 0 Å². The van der Waals surface area contributed by atoms with Crippen molar-refractivity contribution in [3.63, 3.8) is 0 Å². The zero-order chi connectivity index (χ0) is 13.2. The minimum atomic E-state index is 0.564. The highest BCUT2D eigenvalue weighted by atomic mass is 15.4. The summed E-state index contributed by atoms with van der Waals surface area (Å²) in [5.74, 6) is 0.564. The summed E-state index contributed by atoms with van der Waals surface area (Å²) in [5, 5.41) is 4.46. The minimum Gasteiger partial charge on any atom is -0.245 e. The van der Waals surface area contributed by atoms with Gasteiger partial charge in [0.2, 0.25) is 5.95 Å². The predicted molar refractivity (Wildman–Crippen MR) is 76.4 cm³/mol. The van der Waals surface area contributed by atoms with Crippen LogP contribution in [0.25, 0.3) is 0 Å². The van der Waals surface area contributed by atoms with Gasteiger partial charge in [-0.25, -0.2) is 15.4 Å². The van der Waals surface area contributed by atoms with Crippen molar-refractivity contribution in [1.29, 1.82) is 0 Å². The molecule has 1 N–H and O–H groups in total. The molecule has 96 valence electrons. The second-order valence-corrected chi connectivity index (χ2v) is 4.80. The summed E-state index contributed by atoms with van der Waals surface area (Å²) in [6.45, 7) is 3.91. The molecule has 3 rings (SSSR count). The molecule has 1 aromatic heterocycles. The molecule has 0 aliphatic heterocycles. The maximum absolute atomic E-state index is 4.46. The van der Waals surface area contributed by atoms with E-state index in [2.05, 4.69) is 38.7 Å². The zero-order valence-corrected chi connectivity index (χ0v) is 11.1. The van der Waals surface area contributed by atoms with Crippen LogP contribution in [-0.2, 0) is 6.42 Å². The average molecular weight is 252 g/mol. The predicted octanol–water partition coefficient (Wildman–Crippen LogP) is 2.86. The summed E-state index contributed by atoms with van der Waals surface area (Å²) in [6, 6.07) is 10.3. The van der Waals surface area contributed by atoms with Crippen LogP contribution < -0.4 is 5.43 Å². The summed E-state index contributed by atoms with van der Waals surface area (Å²) < 4.78 is 0. The van der Waals surface area contributed by atoms with E-state index >= 15 is 0 Å². The van der Waals surface area contributed by atoms with Crippen LogP contribution in [0.2, 0.25) is 0 Å². The topological polar surface area (TPSA) is 50.2 Å². The molecule has 0 fully saturated rings. The number of fused-ring (bicyclic) bond motifs is 1.